The molecule has 0 spiro atoms. The maximum absolute atomic E-state index is 5.39. The van der Waals surface area contributed by atoms with Gasteiger partial charge in [0.15, 0.2) is 0 Å². The third-order valence-electron chi connectivity index (χ3n) is 0.358. The third-order valence-corrected chi connectivity index (χ3v) is 4.47. The van der Waals surface area contributed by atoms with Crippen LogP contribution in [0.15, 0.2) is 0 Å². The molecule has 0 rings (SSSR count). The molecule has 0 aromatic rings. The van der Waals surface area contributed by atoms with Gasteiger partial charge in [0.2, 0.25) is 0 Å². The molecule has 0 aromatic heterocycles. The number of hydrogen-bond donors (Lipinski definition) is 0. The molecule has 0 saturated carbocycles. The van der Waals surface area contributed by atoms with Gasteiger partial charge in [-0.25, -0.2) is 0 Å². The minimum atomic E-state index is -0.113. The van der Waals surface area contributed by atoms with E-state index in [1.165, 1.54) is 0 Å². The van der Waals surface area contributed by atoms with Gasteiger partial charge in [0.1, 0.15) is 0 Å². The van der Waals surface area contributed by atoms with Crippen LogP contribution < -0.4 is 0 Å². The summed E-state index contributed by atoms with van der Waals surface area (Å²) in [4.78, 5) is 2.14. The SMILES string of the molecule is [CH3][Sn][CH2]C(Cl)Cl. The van der Waals surface area contributed by atoms with Crippen LogP contribution in [0.25, 0.3) is 0 Å². The first-order valence-corrected chi connectivity index (χ1v) is 7.44. The average molecular weight is 232 g/mol. The summed E-state index contributed by atoms with van der Waals surface area (Å²) in [5, 5.41) is 0. The molecular formula is C3H6Cl2Sn. The van der Waals surface area contributed by atoms with Crippen LogP contribution in [0, 0.1) is 0 Å². The Labute approximate surface area is 58.4 Å². The minimum absolute atomic E-state index is 0.0819. The van der Waals surface area contributed by atoms with E-state index in [9.17, 15) is 0 Å². The summed E-state index contributed by atoms with van der Waals surface area (Å²) >= 11 is 10.7. The van der Waals surface area contributed by atoms with Crippen LogP contribution in [0.4, 0.5) is 0 Å². The van der Waals surface area contributed by atoms with Crippen molar-refractivity contribution in [2.45, 2.75) is 14.2 Å². The Bertz CT molecular complexity index is 30.0. The first kappa shape index (κ1) is 7.38. The van der Waals surface area contributed by atoms with E-state index in [2.05, 4.69) is 4.94 Å². The molecule has 0 N–H and O–H groups in total. The van der Waals surface area contributed by atoms with Gasteiger partial charge in [0.05, 0.1) is 0 Å². The van der Waals surface area contributed by atoms with Gasteiger partial charge in [0, 0.05) is 0 Å². The Morgan fingerprint density at radius 1 is 1.67 bits per heavy atom. The van der Waals surface area contributed by atoms with Crippen LogP contribution in [0.5, 0.6) is 0 Å². The number of alkyl halides is 2. The van der Waals surface area contributed by atoms with Gasteiger partial charge in [-0.05, 0) is 0 Å². The van der Waals surface area contributed by atoms with Crippen LogP contribution in [-0.2, 0) is 0 Å². The Kier molecular flexibility index (Phi) is 5.58. The zero-order chi connectivity index (χ0) is 4.99. The Hall–Kier alpha value is 1.38. The van der Waals surface area contributed by atoms with Crippen LogP contribution in [0.1, 0.15) is 0 Å². The Morgan fingerprint density at radius 3 is 2.17 bits per heavy atom. The van der Waals surface area contributed by atoms with E-state index < -0.39 is 0 Å². The quantitative estimate of drug-likeness (QED) is 0.504. The molecule has 0 amide bonds. The molecule has 0 unspecified atom stereocenters. The first-order chi connectivity index (χ1) is 2.77. The zero-order valence-corrected chi connectivity index (χ0v) is 7.91. The van der Waals surface area contributed by atoms with Crippen molar-refractivity contribution >= 4 is 44.3 Å². The van der Waals surface area contributed by atoms with E-state index in [4.69, 9.17) is 23.2 Å². The first-order valence-electron chi connectivity index (χ1n) is 1.70. The van der Waals surface area contributed by atoms with E-state index >= 15 is 0 Å². The average Bonchev–Trinajstić information content (AvgIpc) is 1.35. The molecule has 0 nitrogen and oxygen atoms in total. The van der Waals surface area contributed by atoms with Crippen molar-refractivity contribution in [2.24, 2.45) is 0 Å². The molecule has 0 fully saturated rings. The van der Waals surface area contributed by atoms with E-state index in [0.717, 1.165) is 4.44 Å². The number of halogens is 2. The summed E-state index contributed by atoms with van der Waals surface area (Å²) in [6.45, 7) is 0. The van der Waals surface area contributed by atoms with E-state index in [1.807, 2.05) is 0 Å². The molecule has 0 heterocycles. The molecule has 6 heavy (non-hydrogen) atoms. The summed E-state index contributed by atoms with van der Waals surface area (Å²) in [5.74, 6) is 0. The Morgan fingerprint density at radius 2 is 2.17 bits per heavy atom. The van der Waals surface area contributed by atoms with Crippen molar-refractivity contribution in [2.75, 3.05) is 0 Å². The van der Waals surface area contributed by atoms with Gasteiger partial charge < -0.3 is 0 Å². The summed E-state index contributed by atoms with van der Waals surface area (Å²) in [5.41, 5.74) is 0. The molecule has 2 radical (unpaired) electrons. The molecule has 0 atom stereocenters. The van der Waals surface area contributed by atoms with Gasteiger partial charge in [0.25, 0.3) is 0 Å². The monoisotopic (exact) mass is 232 g/mol. The molecule has 0 aliphatic heterocycles. The van der Waals surface area contributed by atoms with Gasteiger partial charge in [-0.2, -0.15) is 0 Å². The second-order valence-electron chi connectivity index (χ2n) is 0.949. The van der Waals surface area contributed by atoms with Crippen molar-refractivity contribution < 1.29 is 0 Å². The summed E-state index contributed by atoms with van der Waals surface area (Å²) in [7, 11) is 0. The van der Waals surface area contributed by atoms with Gasteiger partial charge >= 0.3 is 58.6 Å². The molecule has 36 valence electrons. The number of hydrogen-bond acceptors (Lipinski definition) is 0. The second kappa shape index (κ2) is 4.54. The predicted molar refractivity (Wildman–Crippen MR) is 31.9 cm³/mol. The molecular weight excluding hydrogens is 226 g/mol. The van der Waals surface area contributed by atoms with Crippen molar-refractivity contribution in [3.63, 3.8) is 0 Å². The van der Waals surface area contributed by atoms with E-state index in [-0.39, 0.29) is 26.0 Å². The molecule has 3 heteroatoms. The van der Waals surface area contributed by atoms with Crippen LogP contribution in [0.2, 0.25) is 9.38 Å². The van der Waals surface area contributed by atoms with Gasteiger partial charge in [-0.3, -0.25) is 0 Å². The topological polar surface area (TPSA) is 0 Å². The van der Waals surface area contributed by atoms with Crippen molar-refractivity contribution in [1.29, 1.82) is 0 Å². The molecule has 0 saturated heterocycles. The van der Waals surface area contributed by atoms with E-state index in [1.54, 1.807) is 0 Å². The van der Waals surface area contributed by atoms with Gasteiger partial charge in [-0.15, -0.1) is 0 Å². The van der Waals surface area contributed by atoms with Crippen molar-refractivity contribution in [3.8, 4) is 0 Å². The summed E-state index contributed by atoms with van der Waals surface area (Å²) in [6.07, 6.45) is 0. The summed E-state index contributed by atoms with van der Waals surface area (Å²) in [6, 6.07) is 0. The molecule has 0 aliphatic rings. The molecule has 0 aromatic carbocycles. The molecule has 0 aliphatic carbocycles. The van der Waals surface area contributed by atoms with Crippen LogP contribution in [0.3, 0.4) is 0 Å². The zero-order valence-electron chi connectivity index (χ0n) is 3.54. The standard InChI is InChI=1S/C2H3Cl2.CH3.Sn/c1-2(3)4;;/h2H,1H2;1H3;. The fourth-order valence-electron chi connectivity index (χ4n) is 0.154. The maximum atomic E-state index is 5.39. The summed E-state index contributed by atoms with van der Waals surface area (Å²) < 4.78 is 1.08. The van der Waals surface area contributed by atoms with Gasteiger partial charge in [-0.1, -0.05) is 0 Å². The Balaban J connectivity index is 2.63. The second-order valence-corrected chi connectivity index (χ2v) is 5.41. The fraction of sp³-hybridized carbons (Fsp3) is 1.00. The molecule has 0 bridgehead atoms. The van der Waals surface area contributed by atoms with Crippen LogP contribution >= 0.6 is 23.2 Å². The number of rotatable bonds is 2. The fourth-order valence-corrected chi connectivity index (χ4v) is 3.11. The van der Waals surface area contributed by atoms with E-state index in [0.29, 0.717) is 0 Å². The van der Waals surface area contributed by atoms with Crippen LogP contribution in [-0.4, -0.2) is 26.0 Å². The van der Waals surface area contributed by atoms with Crippen molar-refractivity contribution in [1.82, 2.24) is 0 Å². The normalized spacial score (nSPS) is 10.0. The predicted octanol–water partition coefficient (Wildman–Crippen LogP) is 1.96. The van der Waals surface area contributed by atoms with Crippen molar-refractivity contribution in [3.05, 3.63) is 0 Å². The third kappa shape index (κ3) is 5.38.